The van der Waals surface area contributed by atoms with Crippen LogP contribution in [0.3, 0.4) is 0 Å². The molecule has 1 unspecified atom stereocenters. The molecule has 0 spiro atoms. The first-order valence-electron chi connectivity index (χ1n) is 5.01. The minimum absolute atomic E-state index is 0.00352. The van der Waals surface area contributed by atoms with Crippen LogP contribution >= 0.6 is 11.3 Å². The summed E-state index contributed by atoms with van der Waals surface area (Å²) in [7, 11) is 0. The minimum atomic E-state index is -0.00352. The first kappa shape index (κ1) is 9.70. The molecule has 74 valence electrons. The van der Waals surface area contributed by atoms with Crippen LogP contribution in [0.25, 0.3) is 0 Å². The Morgan fingerprint density at radius 2 is 2.14 bits per heavy atom. The average molecular weight is 206 g/mol. The highest BCUT2D eigenvalue weighted by Crippen LogP contribution is 2.29. The van der Waals surface area contributed by atoms with Gasteiger partial charge >= 0.3 is 0 Å². The molecule has 0 aliphatic carbocycles. The van der Waals surface area contributed by atoms with Crippen molar-refractivity contribution >= 4 is 11.3 Å². The molecule has 1 aromatic heterocycles. The van der Waals surface area contributed by atoms with Crippen molar-refractivity contribution in [3.63, 3.8) is 0 Å². The standard InChI is InChI=1S/C11H14N2S/c1-9-4-5-11(14-9)10(8-12)13-6-2-3-7-13/h4-5,10H,2-3,6-7H2,1H3. The Kier molecular flexibility index (Phi) is 2.85. The van der Waals surface area contributed by atoms with E-state index in [1.807, 2.05) is 0 Å². The molecule has 1 fully saturated rings. The van der Waals surface area contributed by atoms with Crippen LogP contribution in [-0.4, -0.2) is 18.0 Å². The number of hydrogen-bond acceptors (Lipinski definition) is 3. The van der Waals surface area contributed by atoms with E-state index in [0.717, 1.165) is 13.1 Å². The predicted octanol–water partition coefficient (Wildman–Crippen LogP) is 2.72. The number of nitriles is 1. The molecule has 0 N–H and O–H groups in total. The molecule has 1 atom stereocenters. The monoisotopic (exact) mass is 206 g/mol. The predicted molar refractivity (Wildman–Crippen MR) is 58.2 cm³/mol. The molecule has 1 saturated heterocycles. The normalized spacial score (nSPS) is 19.4. The van der Waals surface area contributed by atoms with E-state index in [-0.39, 0.29) is 6.04 Å². The van der Waals surface area contributed by atoms with Gasteiger partial charge in [-0.25, -0.2) is 0 Å². The van der Waals surface area contributed by atoms with Crippen molar-refractivity contribution in [3.05, 3.63) is 21.9 Å². The average Bonchev–Trinajstić information content (AvgIpc) is 2.79. The summed E-state index contributed by atoms with van der Waals surface area (Å²) in [6.45, 7) is 4.25. The molecule has 0 radical (unpaired) electrons. The molecule has 2 nitrogen and oxygen atoms in total. The van der Waals surface area contributed by atoms with Crippen molar-refractivity contribution in [2.24, 2.45) is 0 Å². The molecule has 1 aromatic rings. The summed E-state index contributed by atoms with van der Waals surface area (Å²) in [5.41, 5.74) is 0. The van der Waals surface area contributed by atoms with E-state index in [9.17, 15) is 0 Å². The van der Waals surface area contributed by atoms with Crippen LogP contribution in [0.4, 0.5) is 0 Å². The summed E-state index contributed by atoms with van der Waals surface area (Å²) in [4.78, 5) is 4.77. The minimum Gasteiger partial charge on any atom is -0.284 e. The Morgan fingerprint density at radius 3 is 2.64 bits per heavy atom. The van der Waals surface area contributed by atoms with E-state index in [0.29, 0.717) is 0 Å². The van der Waals surface area contributed by atoms with E-state index >= 15 is 0 Å². The van der Waals surface area contributed by atoms with Gasteiger partial charge in [-0.1, -0.05) is 0 Å². The number of aryl methyl sites for hydroxylation is 1. The largest absolute Gasteiger partial charge is 0.284 e. The molecular formula is C11H14N2S. The van der Waals surface area contributed by atoms with E-state index in [1.165, 1.54) is 22.6 Å². The molecule has 2 heterocycles. The molecule has 3 heteroatoms. The van der Waals surface area contributed by atoms with Gasteiger partial charge in [0, 0.05) is 9.75 Å². The van der Waals surface area contributed by atoms with Crippen LogP contribution in [0.1, 0.15) is 28.6 Å². The fourth-order valence-corrected chi connectivity index (χ4v) is 2.88. The van der Waals surface area contributed by atoms with Crippen LogP contribution < -0.4 is 0 Å². The highest BCUT2D eigenvalue weighted by atomic mass is 32.1. The van der Waals surface area contributed by atoms with Gasteiger partial charge in [-0.15, -0.1) is 11.3 Å². The van der Waals surface area contributed by atoms with Crippen molar-refractivity contribution in [2.45, 2.75) is 25.8 Å². The van der Waals surface area contributed by atoms with Gasteiger partial charge in [0.25, 0.3) is 0 Å². The second kappa shape index (κ2) is 4.12. The van der Waals surface area contributed by atoms with Crippen LogP contribution in [0, 0.1) is 18.3 Å². The third kappa shape index (κ3) is 1.82. The zero-order valence-corrected chi connectivity index (χ0v) is 9.18. The smallest absolute Gasteiger partial charge is 0.133 e. The van der Waals surface area contributed by atoms with E-state index < -0.39 is 0 Å². The highest BCUT2D eigenvalue weighted by Gasteiger charge is 2.23. The van der Waals surface area contributed by atoms with Gasteiger partial charge in [0.2, 0.25) is 0 Å². The Bertz CT molecular complexity index is 344. The first-order valence-corrected chi connectivity index (χ1v) is 5.83. The van der Waals surface area contributed by atoms with E-state index in [1.54, 1.807) is 11.3 Å². The molecule has 1 aliphatic rings. The molecule has 0 aromatic carbocycles. The Balaban J connectivity index is 2.17. The van der Waals surface area contributed by atoms with Crippen LogP contribution in [0.5, 0.6) is 0 Å². The second-order valence-corrected chi connectivity index (χ2v) is 5.04. The Morgan fingerprint density at radius 1 is 1.43 bits per heavy atom. The van der Waals surface area contributed by atoms with E-state index in [4.69, 9.17) is 5.26 Å². The maximum atomic E-state index is 9.16. The van der Waals surface area contributed by atoms with Crippen molar-refractivity contribution in [1.29, 1.82) is 5.26 Å². The van der Waals surface area contributed by atoms with Gasteiger partial charge in [0.1, 0.15) is 6.04 Å². The lowest BCUT2D eigenvalue weighted by molar-refractivity contribution is 0.298. The first-order chi connectivity index (χ1) is 6.81. The van der Waals surface area contributed by atoms with Crippen LogP contribution in [0.2, 0.25) is 0 Å². The summed E-state index contributed by atoms with van der Waals surface area (Å²) in [6, 6.07) is 6.59. The zero-order valence-electron chi connectivity index (χ0n) is 8.36. The topological polar surface area (TPSA) is 27.0 Å². The summed E-state index contributed by atoms with van der Waals surface area (Å²) in [5, 5.41) is 9.16. The lowest BCUT2D eigenvalue weighted by Gasteiger charge is -2.19. The fourth-order valence-electron chi connectivity index (χ4n) is 1.93. The molecule has 0 saturated carbocycles. The Hall–Kier alpha value is -0.850. The molecule has 0 bridgehead atoms. The lowest BCUT2D eigenvalue weighted by atomic mass is 10.2. The highest BCUT2D eigenvalue weighted by molar-refractivity contribution is 7.12. The lowest BCUT2D eigenvalue weighted by Crippen LogP contribution is -2.23. The van der Waals surface area contributed by atoms with Gasteiger partial charge in [-0.2, -0.15) is 5.26 Å². The molecule has 2 rings (SSSR count). The number of thiophene rings is 1. The van der Waals surface area contributed by atoms with Gasteiger partial charge in [0.15, 0.2) is 0 Å². The molecule has 14 heavy (non-hydrogen) atoms. The molecular weight excluding hydrogens is 192 g/mol. The van der Waals surface area contributed by atoms with Crippen LogP contribution in [0.15, 0.2) is 12.1 Å². The fraction of sp³-hybridized carbons (Fsp3) is 0.545. The number of hydrogen-bond donors (Lipinski definition) is 0. The van der Waals surface area contributed by atoms with Gasteiger partial charge in [0.05, 0.1) is 6.07 Å². The second-order valence-electron chi connectivity index (χ2n) is 3.72. The van der Waals surface area contributed by atoms with Gasteiger partial charge < -0.3 is 0 Å². The zero-order chi connectivity index (χ0) is 9.97. The summed E-state index contributed by atoms with van der Waals surface area (Å²) < 4.78 is 0. The number of likely N-dealkylation sites (tertiary alicyclic amines) is 1. The maximum Gasteiger partial charge on any atom is 0.133 e. The maximum absolute atomic E-state index is 9.16. The third-order valence-electron chi connectivity index (χ3n) is 2.66. The van der Waals surface area contributed by atoms with E-state index in [2.05, 4.69) is 30.0 Å². The number of rotatable bonds is 2. The van der Waals surface area contributed by atoms with Crippen molar-refractivity contribution < 1.29 is 0 Å². The molecule has 1 aliphatic heterocycles. The van der Waals surface area contributed by atoms with Crippen molar-refractivity contribution in [3.8, 4) is 6.07 Å². The van der Waals surface area contributed by atoms with Crippen molar-refractivity contribution in [2.75, 3.05) is 13.1 Å². The van der Waals surface area contributed by atoms with Crippen molar-refractivity contribution in [1.82, 2.24) is 4.90 Å². The molecule has 0 amide bonds. The third-order valence-corrected chi connectivity index (χ3v) is 3.71. The summed E-state index contributed by atoms with van der Waals surface area (Å²) >= 11 is 1.74. The SMILES string of the molecule is Cc1ccc(C(C#N)N2CCCC2)s1. The van der Waals surface area contributed by atoms with Gasteiger partial charge in [-0.05, 0) is 45.0 Å². The Labute approximate surface area is 88.8 Å². The van der Waals surface area contributed by atoms with Gasteiger partial charge in [-0.3, -0.25) is 4.90 Å². The summed E-state index contributed by atoms with van der Waals surface area (Å²) in [5.74, 6) is 0. The summed E-state index contributed by atoms with van der Waals surface area (Å²) in [6.07, 6.45) is 2.48. The number of nitrogens with zero attached hydrogens (tertiary/aromatic N) is 2. The van der Waals surface area contributed by atoms with Crippen LogP contribution in [-0.2, 0) is 0 Å². The quantitative estimate of drug-likeness (QED) is 0.744.